The quantitative estimate of drug-likeness (QED) is 0.0468. The maximum Gasteiger partial charge on any atom is 0.305 e. The number of carboxylic acid groups (broad SMARTS) is 2. The number of nitrogens with one attached hydrogen (secondary N) is 9. The number of likely N-dealkylation sites (N-methyl/N-ethyl adjacent to an activating group) is 1. The number of nitrogens with zero attached hydrogens (tertiary/aromatic N) is 3. The average molecular weight is 1160 g/mol. The van der Waals surface area contributed by atoms with Gasteiger partial charge in [0.05, 0.1) is 57.8 Å². The molecule has 6 atom stereocenters. The molecule has 2 aliphatic heterocycles. The second-order valence-corrected chi connectivity index (χ2v) is 20.8. The fraction of sp³-hybridized carbons (Fsp3) is 0.600. The molecular formula is C50H74N12O16S2. The maximum atomic E-state index is 14.3. The highest BCUT2D eigenvalue weighted by Gasteiger charge is 2.38. The highest BCUT2D eigenvalue weighted by Crippen LogP contribution is 2.23. The zero-order valence-electron chi connectivity index (χ0n) is 45.3. The van der Waals surface area contributed by atoms with Crippen molar-refractivity contribution in [2.75, 3.05) is 77.5 Å². The molecule has 2 aliphatic rings. The topological polar surface area (TPSA) is 397 Å². The number of fused-ring (bicyclic) bond motifs is 2. The van der Waals surface area contributed by atoms with E-state index in [0.29, 0.717) is 37.1 Å². The Labute approximate surface area is 471 Å². The highest BCUT2D eigenvalue weighted by molar-refractivity contribution is 7.98. The van der Waals surface area contributed by atoms with Crippen molar-refractivity contribution in [2.45, 2.75) is 113 Å². The van der Waals surface area contributed by atoms with Crippen LogP contribution in [0.1, 0.15) is 76.8 Å². The van der Waals surface area contributed by atoms with Gasteiger partial charge in [-0.2, -0.15) is 23.5 Å². The van der Waals surface area contributed by atoms with E-state index in [2.05, 4.69) is 47.9 Å². The van der Waals surface area contributed by atoms with Crippen molar-refractivity contribution in [1.29, 1.82) is 0 Å². The van der Waals surface area contributed by atoms with Gasteiger partial charge >= 0.3 is 11.9 Å². The number of amides is 11. The van der Waals surface area contributed by atoms with Crippen LogP contribution in [0.25, 0.3) is 0 Å². The van der Waals surface area contributed by atoms with Crippen LogP contribution in [0.5, 0.6) is 0 Å². The van der Waals surface area contributed by atoms with Gasteiger partial charge in [-0.3, -0.25) is 62.3 Å². The Balaban J connectivity index is 1.87. The molecule has 11 N–H and O–H groups in total. The largest absolute Gasteiger partial charge is 0.481 e. The molecule has 0 aromatic heterocycles. The van der Waals surface area contributed by atoms with Crippen LogP contribution in [-0.2, 0) is 78.6 Å². The minimum atomic E-state index is -1.84. The summed E-state index contributed by atoms with van der Waals surface area (Å²) in [6, 6.07) is 0.0713. The van der Waals surface area contributed by atoms with Crippen molar-refractivity contribution < 1.29 is 77.3 Å². The van der Waals surface area contributed by atoms with Crippen LogP contribution < -0.4 is 47.9 Å². The van der Waals surface area contributed by atoms with Crippen molar-refractivity contribution in [1.82, 2.24) is 62.6 Å². The first-order chi connectivity index (χ1) is 38.1. The molecule has 0 radical (unpaired) electrons. The minimum absolute atomic E-state index is 0.135. The number of rotatable bonds is 23. The van der Waals surface area contributed by atoms with Gasteiger partial charge in [-0.05, 0) is 57.2 Å². The van der Waals surface area contributed by atoms with Crippen molar-refractivity contribution in [3.63, 3.8) is 0 Å². The van der Waals surface area contributed by atoms with E-state index in [9.17, 15) is 77.3 Å². The van der Waals surface area contributed by atoms with Gasteiger partial charge in [0.25, 0.3) is 0 Å². The molecule has 28 nitrogen and oxygen atoms in total. The first-order valence-electron chi connectivity index (χ1n) is 26.0. The van der Waals surface area contributed by atoms with Crippen molar-refractivity contribution >= 4 is 107 Å². The predicted molar refractivity (Wildman–Crippen MR) is 291 cm³/mol. The van der Waals surface area contributed by atoms with Crippen LogP contribution in [0.2, 0.25) is 0 Å². The number of hydrogen-bond acceptors (Lipinski definition) is 17. The normalized spacial score (nSPS) is 19.1. The van der Waals surface area contributed by atoms with Gasteiger partial charge in [0.2, 0.25) is 65.0 Å². The molecule has 0 bridgehead atoms. The van der Waals surface area contributed by atoms with Gasteiger partial charge in [0, 0.05) is 49.1 Å². The summed E-state index contributed by atoms with van der Waals surface area (Å²) in [5, 5.41) is 41.4. The van der Waals surface area contributed by atoms with E-state index in [1.165, 1.54) is 40.2 Å². The number of aldehydes is 1. The van der Waals surface area contributed by atoms with E-state index in [1.54, 1.807) is 27.0 Å². The summed E-state index contributed by atoms with van der Waals surface area (Å²) in [6.45, 7) is 1.46. The molecular weight excluding hydrogens is 1090 g/mol. The van der Waals surface area contributed by atoms with E-state index in [-0.39, 0.29) is 44.1 Å². The molecule has 1 saturated heterocycles. The molecule has 1 fully saturated rings. The molecule has 80 heavy (non-hydrogen) atoms. The lowest BCUT2D eigenvalue weighted by Crippen LogP contribution is -2.58. The summed E-state index contributed by atoms with van der Waals surface area (Å²) < 4.78 is 0. The molecule has 442 valence electrons. The Morgan fingerprint density at radius 2 is 1.49 bits per heavy atom. The number of carbonyl (C=O) groups is 14. The summed E-state index contributed by atoms with van der Waals surface area (Å²) in [7, 11) is 1.61. The SMILES string of the molecule is CCCN(CC(=O)N[C@@H](CCC(=O)O)C(=O)NCC(=O)NCC(=O)N[C@@H](C)C=O)C(=O)[C@H](CC(=O)O)NC(=O)[C@@H]1CSCc2ccccc2CSC[C@H](NC)C(=O)NCC(=O)N2CCC[C@@H]2C(=O)N(CCC)CC(=O)NCC(=O)N1. The Hall–Kier alpha value is -7.34. The maximum absolute atomic E-state index is 14.3. The summed E-state index contributed by atoms with van der Waals surface area (Å²) in [4.78, 5) is 185. The second-order valence-electron chi connectivity index (χ2n) is 18.7. The number of benzene rings is 1. The fourth-order valence-corrected chi connectivity index (χ4v) is 10.5. The van der Waals surface area contributed by atoms with E-state index in [4.69, 9.17) is 0 Å². The lowest BCUT2D eigenvalue weighted by atomic mass is 10.1. The zero-order valence-corrected chi connectivity index (χ0v) is 46.9. The molecule has 3 rings (SSSR count). The Morgan fingerprint density at radius 1 is 0.812 bits per heavy atom. The molecule has 30 heteroatoms. The Bertz CT molecular complexity index is 2400. The summed E-state index contributed by atoms with van der Waals surface area (Å²) in [6.07, 6.45) is -0.156. The number of carbonyl (C=O) groups excluding carboxylic acids is 12. The van der Waals surface area contributed by atoms with Crippen molar-refractivity contribution in [3.8, 4) is 0 Å². The fourth-order valence-electron chi connectivity index (χ4n) is 8.22. The monoisotopic (exact) mass is 1160 g/mol. The average Bonchev–Trinajstić information content (AvgIpc) is 3.92. The van der Waals surface area contributed by atoms with Crippen LogP contribution in [0.15, 0.2) is 24.3 Å². The highest BCUT2D eigenvalue weighted by atomic mass is 32.2. The molecule has 0 saturated carbocycles. The zero-order chi connectivity index (χ0) is 59.3. The van der Waals surface area contributed by atoms with Crippen LogP contribution in [0.3, 0.4) is 0 Å². The minimum Gasteiger partial charge on any atom is -0.481 e. The van der Waals surface area contributed by atoms with Crippen LogP contribution in [-0.4, -0.2) is 222 Å². The van der Waals surface area contributed by atoms with Crippen LogP contribution in [0, 0.1) is 0 Å². The molecule has 0 spiro atoms. The van der Waals surface area contributed by atoms with Crippen LogP contribution in [0.4, 0.5) is 0 Å². The molecule has 2 heterocycles. The lowest BCUT2D eigenvalue weighted by Gasteiger charge is -2.30. The third-order valence-electron chi connectivity index (χ3n) is 12.3. The number of hydrogen-bond donors (Lipinski definition) is 11. The van der Waals surface area contributed by atoms with Gasteiger partial charge in [0.15, 0.2) is 0 Å². The number of thioether (sulfide) groups is 2. The molecule has 11 amide bonds. The Kier molecular flexibility index (Phi) is 29.5. The van der Waals surface area contributed by atoms with Gasteiger partial charge in [-0.1, -0.05) is 38.1 Å². The van der Waals surface area contributed by atoms with E-state index in [1.807, 2.05) is 18.2 Å². The molecule has 0 aliphatic carbocycles. The summed E-state index contributed by atoms with van der Waals surface area (Å²) >= 11 is 2.64. The first kappa shape index (κ1) is 66.9. The Morgan fingerprint density at radius 3 is 2.11 bits per heavy atom. The first-order valence-corrected chi connectivity index (χ1v) is 28.3. The van der Waals surface area contributed by atoms with Crippen molar-refractivity contribution in [3.05, 3.63) is 35.4 Å². The molecule has 0 unspecified atom stereocenters. The number of carboxylic acids is 2. The standard InChI is InChI=1S/C50H74N12O16S2/c1-5-15-60(24-42(68)57-33(13-14-44(70)71)46(74)54-19-38(64)52-20-39(65)56-30(3)25-63)49(77)34(18-45(72)73)59-48(76)36-29-80-27-32-11-8-7-10-31(32)26-79-28-35(51-4)47(75)55-22-43(69)62-17-9-12-37(62)50(78)61(16-6-2)23-41(67)53-21-40(66)58-36/h7-8,10-11,25,30,33-37,51H,5-6,9,12-24,26-29H2,1-4H3,(H,52,64)(H,53,67)(H,54,74)(H,55,75)(H,56,65)(H,57,68)(H,58,66)(H,59,76)(H,70,71)(H,72,73)/t30-,33-,34-,35-,36-,37+/m0/s1. The third kappa shape index (κ3) is 23.6. The summed E-state index contributed by atoms with van der Waals surface area (Å²) in [5.74, 6) is -10.6. The third-order valence-corrected chi connectivity index (χ3v) is 14.4. The van der Waals surface area contributed by atoms with Gasteiger partial charge in [0.1, 0.15) is 30.5 Å². The van der Waals surface area contributed by atoms with E-state index >= 15 is 0 Å². The molecule has 1 aromatic rings. The number of aliphatic carboxylic acids is 2. The lowest BCUT2D eigenvalue weighted by molar-refractivity contribution is -0.145. The van der Waals surface area contributed by atoms with Gasteiger partial charge in [-0.25, -0.2) is 0 Å². The van der Waals surface area contributed by atoms with E-state index < -0.39 is 165 Å². The summed E-state index contributed by atoms with van der Waals surface area (Å²) in [5.41, 5.74) is 1.72. The van der Waals surface area contributed by atoms with Crippen molar-refractivity contribution in [2.24, 2.45) is 0 Å². The molecule has 1 aromatic carbocycles. The smallest absolute Gasteiger partial charge is 0.305 e. The van der Waals surface area contributed by atoms with E-state index in [0.717, 1.165) is 16.0 Å². The predicted octanol–water partition coefficient (Wildman–Crippen LogP) is -3.81. The van der Waals surface area contributed by atoms with Crippen LogP contribution >= 0.6 is 23.5 Å². The second kappa shape index (κ2) is 35.3. The van der Waals surface area contributed by atoms with Gasteiger partial charge < -0.3 is 77.6 Å². The van der Waals surface area contributed by atoms with Gasteiger partial charge in [-0.15, -0.1) is 0 Å².